The summed E-state index contributed by atoms with van der Waals surface area (Å²) >= 11 is 0. The smallest absolute Gasteiger partial charge is 0.339 e. The van der Waals surface area contributed by atoms with Crippen LogP contribution in [0.1, 0.15) is 21.6 Å². The number of hydrogen-bond acceptors (Lipinski definition) is 6. The van der Waals surface area contributed by atoms with Crippen molar-refractivity contribution >= 4 is 23.0 Å². The van der Waals surface area contributed by atoms with Gasteiger partial charge < -0.3 is 14.6 Å². The second-order valence-corrected chi connectivity index (χ2v) is 6.81. The number of aryl methyl sites for hydroxylation is 1. The maximum absolute atomic E-state index is 13.7. The second-order valence-electron chi connectivity index (χ2n) is 6.81. The molecule has 0 aliphatic heterocycles. The molecule has 2 aromatic heterocycles. The Hall–Kier alpha value is -4.07. The monoisotopic (exact) mass is 419 g/mol. The third kappa shape index (κ3) is 4.42. The third-order valence-electron chi connectivity index (χ3n) is 4.67. The van der Waals surface area contributed by atoms with Gasteiger partial charge in [0.2, 0.25) is 0 Å². The van der Waals surface area contributed by atoms with E-state index in [1.807, 2.05) is 30.3 Å². The Morgan fingerprint density at radius 3 is 2.61 bits per heavy atom. The van der Waals surface area contributed by atoms with Gasteiger partial charge in [-0.3, -0.25) is 4.79 Å². The summed E-state index contributed by atoms with van der Waals surface area (Å²) in [6, 6.07) is 17.0. The number of fused-ring (bicyclic) bond motifs is 1. The highest BCUT2D eigenvalue weighted by molar-refractivity contribution is 6.04. The number of aromatic nitrogens is 2. The van der Waals surface area contributed by atoms with Crippen molar-refractivity contribution in [3.63, 3.8) is 0 Å². The number of rotatable bonds is 6. The number of halogens is 1. The zero-order valence-electron chi connectivity index (χ0n) is 16.6. The van der Waals surface area contributed by atoms with Crippen molar-refractivity contribution in [1.29, 1.82) is 0 Å². The van der Waals surface area contributed by atoms with E-state index in [4.69, 9.17) is 9.26 Å². The van der Waals surface area contributed by atoms with Gasteiger partial charge in [0.05, 0.1) is 22.3 Å². The van der Waals surface area contributed by atoms with Crippen molar-refractivity contribution in [3.8, 4) is 11.3 Å². The second kappa shape index (κ2) is 8.74. The lowest BCUT2D eigenvalue weighted by molar-refractivity contribution is -0.124. The molecule has 4 rings (SSSR count). The molecule has 0 spiro atoms. The maximum atomic E-state index is 13.7. The predicted molar refractivity (Wildman–Crippen MR) is 111 cm³/mol. The van der Waals surface area contributed by atoms with Crippen molar-refractivity contribution in [2.75, 3.05) is 6.61 Å². The quantitative estimate of drug-likeness (QED) is 0.478. The molecule has 4 aromatic rings. The summed E-state index contributed by atoms with van der Waals surface area (Å²) in [5, 5.41) is 6.84. The fourth-order valence-electron chi connectivity index (χ4n) is 3.11. The summed E-state index contributed by atoms with van der Waals surface area (Å²) in [7, 11) is 0. The Morgan fingerprint density at radius 1 is 1.10 bits per heavy atom. The normalized spacial score (nSPS) is 10.8. The number of carbonyl (C=O) groups is 2. The van der Waals surface area contributed by atoms with E-state index in [1.54, 1.807) is 31.2 Å². The first kappa shape index (κ1) is 20.2. The molecule has 0 saturated heterocycles. The molecular weight excluding hydrogens is 401 g/mol. The van der Waals surface area contributed by atoms with Gasteiger partial charge in [0.15, 0.2) is 6.61 Å². The molecular formula is C23H18FN3O4. The Morgan fingerprint density at radius 2 is 1.84 bits per heavy atom. The van der Waals surface area contributed by atoms with Crippen molar-refractivity contribution in [2.24, 2.45) is 0 Å². The van der Waals surface area contributed by atoms with Gasteiger partial charge in [-0.2, -0.15) is 0 Å². The summed E-state index contributed by atoms with van der Waals surface area (Å²) in [4.78, 5) is 29.3. The largest absolute Gasteiger partial charge is 0.452 e. The molecule has 0 unspecified atom stereocenters. The number of carbonyl (C=O) groups excluding carboxylic acids is 2. The fraction of sp³-hybridized carbons (Fsp3) is 0.130. The van der Waals surface area contributed by atoms with E-state index in [1.165, 1.54) is 6.07 Å². The van der Waals surface area contributed by atoms with Crippen molar-refractivity contribution in [3.05, 3.63) is 83.3 Å². The summed E-state index contributed by atoms with van der Waals surface area (Å²) in [5.74, 6) is -1.68. The molecule has 2 aromatic carbocycles. The minimum absolute atomic E-state index is 0.00846. The fourth-order valence-corrected chi connectivity index (χ4v) is 3.11. The predicted octanol–water partition coefficient (Wildman–Crippen LogP) is 3.81. The summed E-state index contributed by atoms with van der Waals surface area (Å²) in [6.07, 6.45) is 0. The van der Waals surface area contributed by atoms with E-state index in [-0.39, 0.29) is 17.8 Å². The SMILES string of the molecule is Cc1noc2nc(-c3ccccc3)cc(C(=O)OCC(=O)NCc3ccccc3F)c12. The highest BCUT2D eigenvalue weighted by Gasteiger charge is 2.21. The maximum Gasteiger partial charge on any atom is 0.339 e. The molecule has 0 radical (unpaired) electrons. The van der Waals surface area contributed by atoms with Crippen LogP contribution >= 0.6 is 0 Å². The van der Waals surface area contributed by atoms with Gasteiger partial charge >= 0.3 is 5.97 Å². The minimum atomic E-state index is -0.711. The summed E-state index contributed by atoms with van der Waals surface area (Å²) in [6.45, 7) is 1.17. The molecule has 0 fully saturated rings. The minimum Gasteiger partial charge on any atom is -0.452 e. The first-order chi connectivity index (χ1) is 15.0. The molecule has 0 aliphatic rings. The number of hydrogen-bond donors (Lipinski definition) is 1. The van der Waals surface area contributed by atoms with Crippen LogP contribution in [0.3, 0.4) is 0 Å². The number of pyridine rings is 1. The van der Waals surface area contributed by atoms with Gasteiger partial charge in [-0.15, -0.1) is 0 Å². The van der Waals surface area contributed by atoms with E-state index >= 15 is 0 Å². The van der Waals surface area contributed by atoms with Crippen LogP contribution in [-0.2, 0) is 16.1 Å². The number of nitrogens with zero attached hydrogens (tertiary/aromatic N) is 2. The van der Waals surface area contributed by atoms with Crippen molar-refractivity contribution < 1.29 is 23.2 Å². The van der Waals surface area contributed by atoms with Crippen LogP contribution in [0, 0.1) is 12.7 Å². The van der Waals surface area contributed by atoms with Gasteiger partial charge in [-0.25, -0.2) is 14.2 Å². The Bertz CT molecular complexity index is 1250. The van der Waals surface area contributed by atoms with Crippen LogP contribution in [0.5, 0.6) is 0 Å². The Balaban J connectivity index is 1.50. The molecule has 7 nitrogen and oxygen atoms in total. The molecule has 0 saturated carbocycles. The molecule has 1 N–H and O–H groups in total. The standard InChI is InChI=1S/C23H18FN3O4/c1-14-21-17(11-19(26-22(21)31-27-14)15-7-3-2-4-8-15)23(29)30-13-20(28)25-12-16-9-5-6-10-18(16)24/h2-11H,12-13H2,1H3,(H,25,28). The number of amides is 1. The van der Waals surface area contributed by atoms with Crippen molar-refractivity contribution in [2.45, 2.75) is 13.5 Å². The number of nitrogens with one attached hydrogen (secondary N) is 1. The summed E-state index contributed by atoms with van der Waals surface area (Å²) in [5.41, 5.74) is 2.53. The highest BCUT2D eigenvalue weighted by atomic mass is 19.1. The lowest BCUT2D eigenvalue weighted by Gasteiger charge is -2.09. The number of esters is 1. The van der Waals surface area contributed by atoms with Crippen LogP contribution in [0.4, 0.5) is 4.39 Å². The van der Waals surface area contributed by atoms with Crippen LogP contribution in [0.15, 0.2) is 65.2 Å². The van der Waals surface area contributed by atoms with Crippen LogP contribution in [0.2, 0.25) is 0 Å². The summed E-state index contributed by atoms with van der Waals surface area (Å²) < 4.78 is 24.1. The number of ether oxygens (including phenoxy) is 1. The van der Waals surface area contributed by atoms with Crippen LogP contribution in [-0.4, -0.2) is 28.6 Å². The van der Waals surface area contributed by atoms with Gasteiger partial charge in [0.25, 0.3) is 11.6 Å². The number of benzene rings is 2. The Labute approximate surface area is 176 Å². The first-order valence-electron chi connectivity index (χ1n) is 9.52. The molecule has 156 valence electrons. The topological polar surface area (TPSA) is 94.3 Å². The zero-order chi connectivity index (χ0) is 21.8. The van der Waals surface area contributed by atoms with Gasteiger partial charge in [-0.05, 0) is 19.1 Å². The van der Waals surface area contributed by atoms with E-state index in [0.29, 0.717) is 22.3 Å². The van der Waals surface area contributed by atoms with Gasteiger partial charge in [-0.1, -0.05) is 53.7 Å². The van der Waals surface area contributed by atoms with E-state index in [2.05, 4.69) is 15.5 Å². The van der Waals surface area contributed by atoms with Crippen LogP contribution in [0.25, 0.3) is 22.4 Å². The van der Waals surface area contributed by atoms with Gasteiger partial charge in [0, 0.05) is 17.7 Å². The van der Waals surface area contributed by atoms with Crippen molar-refractivity contribution in [1.82, 2.24) is 15.5 Å². The zero-order valence-corrected chi connectivity index (χ0v) is 16.6. The molecule has 0 aliphatic carbocycles. The highest BCUT2D eigenvalue weighted by Crippen LogP contribution is 2.27. The van der Waals surface area contributed by atoms with E-state index < -0.39 is 24.3 Å². The molecule has 0 atom stereocenters. The lowest BCUT2D eigenvalue weighted by Crippen LogP contribution is -2.28. The van der Waals surface area contributed by atoms with Crippen LogP contribution < -0.4 is 5.32 Å². The van der Waals surface area contributed by atoms with Gasteiger partial charge in [0.1, 0.15) is 5.82 Å². The molecule has 1 amide bonds. The van der Waals surface area contributed by atoms with E-state index in [0.717, 1.165) is 5.56 Å². The molecule has 0 bridgehead atoms. The Kier molecular flexibility index (Phi) is 5.70. The molecule has 2 heterocycles. The molecule has 31 heavy (non-hydrogen) atoms. The first-order valence-corrected chi connectivity index (χ1v) is 9.52. The lowest BCUT2D eigenvalue weighted by atomic mass is 10.1. The average molecular weight is 419 g/mol. The van der Waals surface area contributed by atoms with E-state index in [9.17, 15) is 14.0 Å². The average Bonchev–Trinajstić information content (AvgIpc) is 3.17. The molecule has 8 heteroatoms. The third-order valence-corrected chi connectivity index (χ3v) is 4.67.